The number of carbonyl (C=O) groups is 2. The van der Waals surface area contributed by atoms with Gasteiger partial charge < -0.3 is 9.80 Å². The normalized spacial score (nSPS) is 10.3. The van der Waals surface area contributed by atoms with E-state index in [2.05, 4.69) is 0 Å². The van der Waals surface area contributed by atoms with E-state index in [1.807, 2.05) is 30.3 Å². The molecule has 0 aliphatic carbocycles. The monoisotopic (exact) mass is 364 g/mol. The van der Waals surface area contributed by atoms with Gasteiger partial charge in [-0.15, -0.1) is 0 Å². The van der Waals surface area contributed by atoms with Crippen LogP contribution < -0.4 is 9.80 Å². The lowest BCUT2D eigenvalue weighted by Gasteiger charge is -2.24. The number of hydrogen-bond acceptors (Lipinski definition) is 2. The van der Waals surface area contributed by atoms with Crippen LogP contribution >= 0.6 is 23.2 Å². The summed E-state index contributed by atoms with van der Waals surface area (Å²) in [4.78, 5) is 27.4. The highest BCUT2D eigenvalue weighted by Crippen LogP contribution is 2.29. The van der Waals surface area contributed by atoms with Crippen molar-refractivity contribution in [3.8, 4) is 0 Å². The van der Waals surface area contributed by atoms with Crippen molar-refractivity contribution in [1.29, 1.82) is 0 Å². The first-order chi connectivity index (χ1) is 11.4. The third-order valence-corrected chi connectivity index (χ3v) is 4.19. The molecule has 0 aliphatic heterocycles. The quantitative estimate of drug-likeness (QED) is 0.788. The van der Waals surface area contributed by atoms with E-state index >= 15 is 0 Å². The lowest BCUT2D eigenvalue weighted by molar-refractivity contribution is -0.118. The molecule has 0 aromatic heterocycles. The van der Waals surface area contributed by atoms with Crippen LogP contribution in [0.3, 0.4) is 0 Å². The molecule has 4 nitrogen and oxygen atoms in total. The third kappa shape index (κ3) is 4.49. The fourth-order valence-electron chi connectivity index (χ4n) is 2.32. The number of hydrogen-bond donors (Lipinski definition) is 0. The molecule has 2 rings (SSSR count). The molecule has 0 saturated carbocycles. The molecule has 0 aliphatic rings. The fourth-order valence-corrected chi connectivity index (χ4v) is 2.83. The van der Waals surface area contributed by atoms with Gasteiger partial charge in [0, 0.05) is 37.6 Å². The van der Waals surface area contributed by atoms with Crippen molar-refractivity contribution in [3.05, 3.63) is 58.6 Å². The molecule has 0 atom stereocenters. The van der Waals surface area contributed by atoms with E-state index in [4.69, 9.17) is 23.2 Å². The van der Waals surface area contributed by atoms with Gasteiger partial charge in [-0.2, -0.15) is 0 Å². The van der Waals surface area contributed by atoms with Crippen LogP contribution in [0, 0.1) is 0 Å². The van der Waals surface area contributed by atoms with Crippen LogP contribution in [0.25, 0.3) is 0 Å². The molecule has 0 spiro atoms. The average molecular weight is 365 g/mol. The molecule has 6 heteroatoms. The molecule has 126 valence electrons. The standard InChI is InChI=1S/C18H18Cl2N2O2/c1-13(23)22(17-9-8-14(19)12-16(17)20)11-10-18(24)21(2)15-6-4-3-5-7-15/h3-9,12H,10-11H2,1-2H3. The summed E-state index contributed by atoms with van der Waals surface area (Å²) in [6.07, 6.45) is 0.184. The van der Waals surface area contributed by atoms with Crippen molar-refractivity contribution < 1.29 is 9.59 Å². The predicted octanol–water partition coefficient (Wildman–Crippen LogP) is 4.40. The summed E-state index contributed by atoms with van der Waals surface area (Å²) in [5.41, 5.74) is 1.35. The van der Waals surface area contributed by atoms with Crippen molar-refractivity contribution in [2.75, 3.05) is 23.4 Å². The Morgan fingerprint density at radius 1 is 1.04 bits per heavy atom. The number of nitrogens with zero attached hydrogens (tertiary/aromatic N) is 2. The Hall–Kier alpha value is -2.04. The topological polar surface area (TPSA) is 40.6 Å². The molecule has 24 heavy (non-hydrogen) atoms. The minimum absolute atomic E-state index is 0.0856. The highest BCUT2D eigenvalue weighted by molar-refractivity contribution is 6.36. The Bertz CT molecular complexity index is 735. The molecule has 2 aromatic carbocycles. The highest BCUT2D eigenvalue weighted by Gasteiger charge is 2.18. The van der Waals surface area contributed by atoms with Crippen molar-refractivity contribution in [1.82, 2.24) is 0 Å². The Morgan fingerprint density at radius 3 is 2.29 bits per heavy atom. The first-order valence-electron chi connectivity index (χ1n) is 7.45. The molecule has 2 aromatic rings. The molecule has 0 N–H and O–H groups in total. The van der Waals surface area contributed by atoms with Crippen LogP contribution in [-0.4, -0.2) is 25.4 Å². The Kier molecular flexibility index (Phi) is 6.23. The summed E-state index contributed by atoms with van der Waals surface area (Å²) >= 11 is 12.1. The first kappa shape index (κ1) is 18.3. The molecule has 2 amide bonds. The number of halogens is 2. The zero-order chi connectivity index (χ0) is 17.7. The van der Waals surface area contributed by atoms with Crippen molar-refractivity contribution in [2.45, 2.75) is 13.3 Å². The minimum atomic E-state index is -0.186. The summed E-state index contributed by atoms with van der Waals surface area (Å²) in [6, 6.07) is 14.3. The second-order valence-electron chi connectivity index (χ2n) is 5.30. The molecule has 0 bridgehead atoms. The second kappa shape index (κ2) is 8.18. The second-order valence-corrected chi connectivity index (χ2v) is 6.15. The van der Waals surface area contributed by atoms with Crippen LogP contribution in [0.2, 0.25) is 10.0 Å². The molecule has 0 unspecified atom stereocenters. The van der Waals surface area contributed by atoms with Crippen LogP contribution in [0.15, 0.2) is 48.5 Å². The summed E-state index contributed by atoms with van der Waals surface area (Å²) in [7, 11) is 1.71. The highest BCUT2D eigenvalue weighted by atomic mass is 35.5. The van der Waals surface area contributed by atoms with Gasteiger partial charge >= 0.3 is 0 Å². The van der Waals surface area contributed by atoms with Crippen LogP contribution in [0.4, 0.5) is 11.4 Å². The maximum atomic E-state index is 12.4. The van der Waals surface area contributed by atoms with Gasteiger partial charge in [0.2, 0.25) is 11.8 Å². The summed E-state index contributed by atoms with van der Waals surface area (Å²) < 4.78 is 0. The summed E-state index contributed by atoms with van der Waals surface area (Å²) in [5, 5.41) is 0.869. The number of benzene rings is 2. The lowest BCUT2D eigenvalue weighted by Crippen LogP contribution is -2.34. The Balaban J connectivity index is 2.09. The van der Waals surface area contributed by atoms with E-state index in [9.17, 15) is 9.59 Å². The van der Waals surface area contributed by atoms with Gasteiger partial charge in [0.25, 0.3) is 0 Å². The summed E-state index contributed by atoms with van der Waals surface area (Å²) in [5.74, 6) is -0.271. The minimum Gasteiger partial charge on any atom is -0.315 e. The Morgan fingerprint density at radius 2 is 1.71 bits per heavy atom. The zero-order valence-corrected chi connectivity index (χ0v) is 15.0. The number of carbonyl (C=O) groups excluding carboxylic acids is 2. The van der Waals surface area contributed by atoms with Gasteiger partial charge in [0.1, 0.15) is 0 Å². The number of amides is 2. The van der Waals surface area contributed by atoms with Crippen molar-refractivity contribution >= 4 is 46.4 Å². The van der Waals surface area contributed by atoms with Gasteiger partial charge in [0.05, 0.1) is 10.7 Å². The first-order valence-corrected chi connectivity index (χ1v) is 8.20. The van der Waals surface area contributed by atoms with Crippen molar-refractivity contribution in [3.63, 3.8) is 0 Å². The van der Waals surface area contributed by atoms with E-state index in [0.29, 0.717) is 15.7 Å². The molecular formula is C18H18Cl2N2O2. The molecule has 0 saturated heterocycles. The van der Waals surface area contributed by atoms with Gasteiger partial charge in [-0.1, -0.05) is 41.4 Å². The van der Waals surface area contributed by atoms with Crippen LogP contribution in [0.5, 0.6) is 0 Å². The number of rotatable bonds is 5. The average Bonchev–Trinajstić information content (AvgIpc) is 2.56. The Labute approximate surface area is 151 Å². The predicted molar refractivity (Wildman–Crippen MR) is 99.0 cm³/mol. The number of anilines is 2. The van der Waals surface area contributed by atoms with Crippen LogP contribution in [-0.2, 0) is 9.59 Å². The van der Waals surface area contributed by atoms with Gasteiger partial charge in [0.15, 0.2) is 0 Å². The third-order valence-electron chi connectivity index (χ3n) is 3.65. The largest absolute Gasteiger partial charge is 0.315 e. The molecule has 0 fully saturated rings. The van der Waals surface area contributed by atoms with E-state index in [1.165, 1.54) is 11.8 Å². The lowest BCUT2D eigenvalue weighted by atomic mass is 10.2. The zero-order valence-electron chi connectivity index (χ0n) is 13.5. The molecule has 0 heterocycles. The number of para-hydroxylation sites is 1. The van der Waals surface area contributed by atoms with E-state index < -0.39 is 0 Å². The summed E-state index contributed by atoms with van der Waals surface area (Å²) in [6.45, 7) is 1.68. The van der Waals surface area contributed by atoms with E-state index in [-0.39, 0.29) is 24.8 Å². The van der Waals surface area contributed by atoms with Gasteiger partial charge in [-0.3, -0.25) is 9.59 Å². The fraction of sp³-hybridized carbons (Fsp3) is 0.222. The van der Waals surface area contributed by atoms with Gasteiger partial charge in [-0.25, -0.2) is 0 Å². The maximum absolute atomic E-state index is 12.4. The maximum Gasteiger partial charge on any atom is 0.228 e. The SMILES string of the molecule is CC(=O)N(CCC(=O)N(C)c1ccccc1)c1ccc(Cl)cc1Cl. The van der Waals surface area contributed by atoms with Crippen molar-refractivity contribution in [2.24, 2.45) is 0 Å². The molecule has 0 radical (unpaired) electrons. The van der Waals surface area contributed by atoms with E-state index in [0.717, 1.165) is 5.69 Å². The molecular weight excluding hydrogens is 347 g/mol. The van der Waals surface area contributed by atoms with E-state index in [1.54, 1.807) is 30.1 Å². The van der Waals surface area contributed by atoms with Crippen LogP contribution in [0.1, 0.15) is 13.3 Å². The van der Waals surface area contributed by atoms with Gasteiger partial charge in [-0.05, 0) is 30.3 Å². The smallest absolute Gasteiger partial charge is 0.228 e.